The standard InChI is InChI=1S/C13H13NO3/c1-3-17-13(16)12(15)11(8-14)10-6-4-9(2)5-7-10/h4-7,15H,3H2,1-2H3. The third-order valence-electron chi connectivity index (χ3n) is 2.16. The third kappa shape index (κ3) is 3.08. The van der Waals surface area contributed by atoms with Crippen molar-refractivity contribution in [2.45, 2.75) is 13.8 Å². The summed E-state index contributed by atoms with van der Waals surface area (Å²) in [5, 5.41) is 18.6. The lowest BCUT2D eigenvalue weighted by Crippen LogP contribution is -2.09. The fourth-order valence-electron chi connectivity index (χ4n) is 1.28. The van der Waals surface area contributed by atoms with Gasteiger partial charge in [0.1, 0.15) is 11.6 Å². The molecule has 0 saturated carbocycles. The summed E-state index contributed by atoms with van der Waals surface area (Å²) >= 11 is 0. The number of rotatable bonds is 3. The smallest absolute Gasteiger partial charge is 0.374 e. The van der Waals surface area contributed by atoms with Gasteiger partial charge < -0.3 is 9.84 Å². The molecule has 0 atom stereocenters. The van der Waals surface area contributed by atoms with Crippen molar-refractivity contribution in [1.29, 1.82) is 5.26 Å². The number of carbonyl (C=O) groups excluding carboxylic acids is 1. The molecule has 1 rings (SSSR count). The zero-order chi connectivity index (χ0) is 12.8. The predicted molar refractivity (Wildman–Crippen MR) is 63.0 cm³/mol. The SMILES string of the molecule is CCOC(=O)C(O)=C(C#N)c1ccc(C)cc1. The number of carbonyl (C=O) groups is 1. The van der Waals surface area contributed by atoms with Gasteiger partial charge in [-0.3, -0.25) is 0 Å². The van der Waals surface area contributed by atoms with Crippen LogP contribution in [0.4, 0.5) is 0 Å². The van der Waals surface area contributed by atoms with Crippen LogP contribution in [-0.4, -0.2) is 17.7 Å². The molecule has 0 fully saturated rings. The summed E-state index contributed by atoms with van der Waals surface area (Å²) in [6, 6.07) is 8.74. The van der Waals surface area contributed by atoms with E-state index >= 15 is 0 Å². The fourth-order valence-corrected chi connectivity index (χ4v) is 1.28. The molecule has 0 aliphatic rings. The van der Waals surface area contributed by atoms with E-state index in [1.54, 1.807) is 37.3 Å². The Hall–Kier alpha value is -2.28. The van der Waals surface area contributed by atoms with Gasteiger partial charge in [0.25, 0.3) is 0 Å². The maximum absolute atomic E-state index is 11.3. The van der Waals surface area contributed by atoms with E-state index in [-0.39, 0.29) is 12.2 Å². The molecule has 0 bridgehead atoms. The van der Waals surface area contributed by atoms with E-state index in [4.69, 9.17) is 5.26 Å². The van der Waals surface area contributed by atoms with Gasteiger partial charge >= 0.3 is 5.97 Å². The summed E-state index contributed by atoms with van der Waals surface area (Å²) < 4.78 is 4.63. The summed E-state index contributed by atoms with van der Waals surface area (Å²) in [6.45, 7) is 3.68. The van der Waals surface area contributed by atoms with Crippen molar-refractivity contribution in [3.8, 4) is 6.07 Å². The maximum atomic E-state index is 11.3. The van der Waals surface area contributed by atoms with Gasteiger partial charge in [-0.2, -0.15) is 5.26 Å². The Morgan fingerprint density at radius 2 is 2.00 bits per heavy atom. The Balaban J connectivity index is 3.15. The average molecular weight is 231 g/mol. The summed E-state index contributed by atoms with van der Waals surface area (Å²) in [6.07, 6.45) is 0. The average Bonchev–Trinajstić information content (AvgIpc) is 2.32. The maximum Gasteiger partial charge on any atom is 0.374 e. The highest BCUT2D eigenvalue weighted by Crippen LogP contribution is 2.18. The van der Waals surface area contributed by atoms with E-state index in [9.17, 15) is 9.90 Å². The van der Waals surface area contributed by atoms with Crippen LogP contribution in [0.1, 0.15) is 18.1 Å². The lowest BCUT2D eigenvalue weighted by atomic mass is 10.0. The number of aliphatic hydroxyl groups is 1. The van der Waals surface area contributed by atoms with Crippen LogP contribution in [-0.2, 0) is 9.53 Å². The van der Waals surface area contributed by atoms with Crippen LogP contribution in [0.5, 0.6) is 0 Å². The minimum Gasteiger partial charge on any atom is -0.501 e. The van der Waals surface area contributed by atoms with E-state index in [0.29, 0.717) is 5.56 Å². The van der Waals surface area contributed by atoms with E-state index in [2.05, 4.69) is 4.74 Å². The lowest BCUT2D eigenvalue weighted by Gasteiger charge is -2.04. The van der Waals surface area contributed by atoms with Crippen LogP contribution >= 0.6 is 0 Å². The topological polar surface area (TPSA) is 70.3 Å². The van der Waals surface area contributed by atoms with Gasteiger partial charge in [0, 0.05) is 0 Å². The summed E-state index contributed by atoms with van der Waals surface area (Å²) in [5.74, 6) is -1.54. The molecule has 17 heavy (non-hydrogen) atoms. The minimum atomic E-state index is -0.885. The van der Waals surface area contributed by atoms with Crippen molar-refractivity contribution < 1.29 is 14.6 Å². The highest BCUT2D eigenvalue weighted by atomic mass is 16.5. The van der Waals surface area contributed by atoms with Gasteiger partial charge in [-0.25, -0.2) is 4.79 Å². The number of hydrogen-bond donors (Lipinski definition) is 1. The number of benzene rings is 1. The van der Waals surface area contributed by atoms with E-state index in [1.807, 2.05) is 6.92 Å². The van der Waals surface area contributed by atoms with Gasteiger partial charge in [0.15, 0.2) is 0 Å². The molecule has 0 saturated heterocycles. The lowest BCUT2D eigenvalue weighted by molar-refractivity contribution is -0.141. The second kappa shape index (κ2) is 5.71. The Morgan fingerprint density at radius 1 is 1.41 bits per heavy atom. The minimum absolute atomic E-state index is 0.0801. The molecule has 4 heteroatoms. The van der Waals surface area contributed by atoms with Crippen molar-refractivity contribution in [1.82, 2.24) is 0 Å². The fraction of sp³-hybridized carbons (Fsp3) is 0.231. The summed E-state index contributed by atoms with van der Waals surface area (Å²) in [7, 11) is 0. The number of ether oxygens (including phenoxy) is 1. The molecule has 1 aromatic carbocycles. The normalized spacial score (nSPS) is 11.4. The third-order valence-corrected chi connectivity index (χ3v) is 2.16. The Morgan fingerprint density at radius 3 is 2.47 bits per heavy atom. The van der Waals surface area contributed by atoms with Gasteiger partial charge in [-0.15, -0.1) is 0 Å². The summed E-state index contributed by atoms with van der Waals surface area (Å²) in [5.41, 5.74) is 1.44. The number of aryl methyl sites for hydroxylation is 1. The molecule has 88 valence electrons. The van der Waals surface area contributed by atoms with Crippen molar-refractivity contribution in [2.24, 2.45) is 0 Å². The first kappa shape index (κ1) is 12.8. The molecule has 0 heterocycles. The zero-order valence-corrected chi connectivity index (χ0v) is 9.73. The first-order valence-electron chi connectivity index (χ1n) is 5.17. The number of esters is 1. The first-order chi connectivity index (χ1) is 8.10. The van der Waals surface area contributed by atoms with Gasteiger partial charge in [-0.05, 0) is 19.4 Å². The first-order valence-corrected chi connectivity index (χ1v) is 5.17. The van der Waals surface area contributed by atoms with Gasteiger partial charge in [-0.1, -0.05) is 29.8 Å². The molecule has 1 N–H and O–H groups in total. The summed E-state index contributed by atoms with van der Waals surface area (Å²) in [4.78, 5) is 11.3. The van der Waals surface area contributed by atoms with Crippen molar-refractivity contribution >= 4 is 11.5 Å². The Labute approximate surface area is 99.8 Å². The van der Waals surface area contributed by atoms with Crippen molar-refractivity contribution in [2.75, 3.05) is 6.61 Å². The number of nitriles is 1. The molecule has 1 aromatic rings. The molecule has 0 amide bonds. The Bertz CT molecular complexity index is 480. The van der Waals surface area contributed by atoms with Crippen LogP contribution in [0.2, 0.25) is 0 Å². The van der Waals surface area contributed by atoms with Crippen LogP contribution in [0.25, 0.3) is 5.57 Å². The second-order valence-corrected chi connectivity index (χ2v) is 3.42. The highest BCUT2D eigenvalue weighted by Gasteiger charge is 2.16. The molecule has 4 nitrogen and oxygen atoms in total. The zero-order valence-electron chi connectivity index (χ0n) is 9.73. The monoisotopic (exact) mass is 231 g/mol. The molecule has 0 aliphatic carbocycles. The molecule has 0 aliphatic heterocycles. The number of nitrogens with zero attached hydrogens (tertiary/aromatic N) is 1. The molecule has 0 aromatic heterocycles. The molecular weight excluding hydrogens is 218 g/mol. The van der Waals surface area contributed by atoms with Crippen LogP contribution < -0.4 is 0 Å². The van der Waals surface area contributed by atoms with Crippen LogP contribution in [0.3, 0.4) is 0 Å². The Kier molecular flexibility index (Phi) is 4.29. The molecule has 0 spiro atoms. The van der Waals surface area contributed by atoms with Crippen molar-refractivity contribution in [3.05, 3.63) is 41.2 Å². The number of aliphatic hydroxyl groups excluding tert-OH is 1. The number of hydrogen-bond acceptors (Lipinski definition) is 4. The molecular formula is C13H13NO3. The van der Waals surface area contributed by atoms with E-state index in [0.717, 1.165) is 5.56 Å². The quantitative estimate of drug-likeness (QED) is 0.375. The molecule has 0 unspecified atom stereocenters. The van der Waals surface area contributed by atoms with Gasteiger partial charge in [0.05, 0.1) is 6.61 Å². The van der Waals surface area contributed by atoms with Crippen LogP contribution in [0.15, 0.2) is 30.0 Å². The highest BCUT2D eigenvalue weighted by molar-refractivity contribution is 5.98. The number of allylic oxidation sites excluding steroid dienone is 1. The van der Waals surface area contributed by atoms with Crippen LogP contribution in [0, 0.1) is 18.3 Å². The predicted octanol–water partition coefficient (Wildman–Crippen LogP) is 2.35. The largest absolute Gasteiger partial charge is 0.501 e. The van der Waals surface area contributed by atoms with E-state index < -0.39 is 11.7 Å². The van der Waals surface area contributed by atoms with Crippen molar-refractivity contribution in [3.63, 3.8) is 0 Å². The second-order valence-electron chi connectivity index (χ2n) is 3.42. The van der Waals surface area contributed by atoms with E-state index in [1.165, 1.54) is 0 Å². The molecule has 0 radical (unpaired) electrons. The van der Waals surface area contributed by atoms with Gasteiger partial charge in [0.2, 0.25) is 5.76 Å².